The molecule has 96 valence electrons. The maximum atomic E-state index is 6.21. The molecule has 2 aromatic rings. The van der Waals surface area contributed by atoms with E-state index < -0.39 is 0 Å². The smallest absolute Gasteiger partial charge is 0.0837 e. The minimum atomic E-state index is 0.0206. The van der Waals surface area contributed by atoms with Gasteiger partial charge in [-0.25, -0.2) is 0 Å². The normalized spacial score (nSPS) is 12.7. The van der Waals surface area contributed by atoms with Crippen molar-refractivity contribution in [1.29, 1.82) is 0 Å². The molecule has 0 amide bonds. The number of rotatable bonds is 4. The van der Waals surface area contributed by atoms with E-state index in [1.807, 2.05) is 31.3 Å². The van der Waals surface area contributed by atoms with Crippen molar-refractivity contribution in [3.8, 4) is 0 Å². The molecule has 0 fully saturated rings. The van der Waals surface area contributed by atoms with Gasteiger partial charge in [0.05, 0.1) is 23.0 Å². The van der Waals surface area contributed by atoms with Crippen molar-refractivity contribution in [2.45, 2.75) is 13.0 Å². The average Bonchev–Trinajstić information content (AvgIpc) is 2.68. The third-order valence-electron chi connectivity index (χ3n) is 2.82. The maximum Gasteiger partial charge on any atom is 0.0837 e. The zero-order valence-corrected chi connectivity index (χ0v) is 11.8. The number of hydrogen-bond acceptors (Lipinski definition) is 2. The van der Waals surface area contributed by atoms with Crippen LogP contribution in [-0.2, 0) is 7.05 Å². The van der Waals surface area contributed by atoms with E-state index in [-0.39, 0.29) is 6.04 Å². The van der Waals surface area contributed by atoms with Gasteiger partial charge < -0.3 is 5.32 Å². The third kappa shape index (κ3) is 2.69. The summed E-state index contributed by atoms with van der Waals surface area (Å²) in [6, 6.07) is 7.78. The van der Waals surface area contributed by atoms with Gasteiger partial charge in [0.15, 0.2) is 0 Å². The Kier molecular flexibility index (Phi) is 4.27. The van der Waals surface area contributed by atoms with Crippen molar-refractivity contribution >= 4 is 23.2 Å². The highest BCUT2D eigenvalue weighted by Gasteiger charge is 2.19. The lowest BCUT2D eigenvalue weighted by atomic mass is 10.0. The van der Waals surface area contributed by atoms with E-state index in [1.54, 1.807) is 10.9 Å². The lowest BCUT2D eigenvalue weighted by Gasteiger charge is -2.19. The van der Waals surface area contributed by atoms with Crippen molar-refractivity contribution in [2.24, 2.45) is 7.05 Å². The number of aromatic nitrogens is 2. The molecular formula is C13H15Cl2N3. The highest BCUT2D eigenvalue weighted by atomic mass is 35.5. The van der Waals surface area contributed by atoms with E-state index >= 15 is 0 Å². The number of nitrogens with one attached hydrogen (secondary N) is 1. The summed E-state index contributed by atoms with van der Waals surface area (Å²) < 4.78 is 1.80. The van der Waals surface area contributed by atoms with Crippen LogP contribution in [0.5, 0.6) is 0 Å². The highest BCUT2D eigenvalue weighted by molar-refractivity contribution is 6.31. The van der Waals surface area contributed by atoms with Gasteiger partial charge in [0.1, 0.15) is 0 Å². The molecule has 0 radical (unpaired) electrons. The average molecular weight is 284 g/mol. The summed E-state index contributed by atoms with van der Waals surface area (Å²) in [6.45, 7) is 2.90. The minimum Gasteiger partial charge on any atom is -0.305 e. The van der Waals surface area contributed by atoms with Crippen molar-refractivity contribution in [2.75, 3.05) is 6.54 Å². The van der Waals surface area contributed by atoms with Crippen LogP contribution < -0.4 is 5.32 Å². The van der Waals surface area contributed by atoms with E-state index in [0.29, 0.717) is 5.02 Å². The number of halogens is 2. The second-order valence-electron chi connectivity index (χ2n) is 4.04. The Balaban J connectivity index is 2.43. The van der Waals surface area contributed by atoms with Gasteiger partial charge in [0.25, 0.3) is 0 Å². The topological polar surface area (TPSA) is 29.9 Å². The van der Waals surface area contributed by atoms with Crippen molar-refractivity contribution in [3.05, 3.63) is 51.8 Å². The fraction of sp³-hybridized carbons (Fsp3) is 0.308. The molecule has 2 rings (SSSR count). The van der Waals surface area contributed by atoms with Gasteiger partial charge in [-0.05, 0) is 24.2 Å². The minimum absolute atomic E-state index is 0.0206. The zero-order valence-electron chi connectivity index (χ0n) is 10.3. The predicted octanol–water partition coefficient (Wildman–Crippen LogP) is 3.43. The predicted molar refractivity (Wildman–Crippen MR) is 75.2 cm³/mol. The van der Waals surface area contributed by atoms with Gasteiger partial charge in [-0.3, -0.25) is 4.68 Å². The highest BCUT2D eigenvalue weighted by Crippen LogP contribution is 2.28. The molecule has 0 saturated carbocycles. The molecule has 1 aromatic carbocycles. The van der Waals surface area contributed by atoms with E-state index in [2.05, 4.69) is 17.3 Å². The van der Waals surface area contributed by atoms with E-state index in [0.717, 1.165) is 22.8 Å². The van der Waals surface area contributed by atoms with Crippen molar-refractivity contribution < 1.29 is 0 Å². The summed E-state index contributed by atoms with van der Waals surface area (Å²) in [4.78, 5) is 0. The SMILES string of the molecule is CCNC(c1ccc(Cl)cc1)c1c(Cl)cnn1C. The molecule has 1 N–H and O–H groups in total. The Labute approximate surface area is 117 Å². The summed E-state index contributed by atoms with van der Waals surface area (Å²) in [5.41, 5.74) is 2.08. The van der Waals surface area contributed by atoms with Crippen LogP contribution in [0.4, 0.5) is 0 Å². The first kappa shape index (κ1) is 13.4. The van der Waals surface area contributed by atoms with Crippen LogP contribution in [-0.4, -0.2) is 16.3 Å². The first-order chi connectivity index (χ1) is 8.63. The number of aryl methyl sites for hydroxylation is 1. The molecule has 0 aliphatic rings. The van der Waals surface area contributed by atoms with E-state index in [9.17, 15) is 0 Å². The van der Waals surface area contributed by atoms with Gasteiger partial charge in [-0.15, -0.1) is 0 Å². The summed E-state index contributed by atoms with van der Waals surface area (Å²) in [7, 11) is 1.89. The standard InChI is InChI=1S/C13H15Cl2N3/c1-3-16-12(9-4-6-10(14)7-5-9)13-11(15)8-17-18(13)2/h4-8,12,16H,3H2,1-2H3. The molecule has 5 heteroatoms. The van der Waals surface area contributed by atoms with E-state index in [4.69, 9.17) is 23.2 Å². The second kappa shape index (κ2) is 5.74. The molecular weight excluding hydrogens is 269 g/mol. The number of benzene rings is 1. The molecule has 0 bridgehead atoms. The zero-order chi connectivity index (χ0) is 13.1. The van der Waals surface area contributed by atoms with Crippen LogP contribution in [0.25, 0.3) is 0 Å². The first-order valence-corrected chi connectivity index (χ1v) is 6.55. The van der Waals surface area contributed by atoms with Gasteiger partial charge in [0, 0.05) is 12.1 Å². The van der Waals surface area contributed by atoms with E-state index in [1.165, 1.54) is 0 Å². The molecule has 3 nitrogen and oxygen atoms in total. The molecule has 1 unspecified atom stereocenters. The Morgan fingerprint density at radius 1 is 1.28 bits per heavy atom. The summed E-state index contributed by atoms with van der Waals surface area (Å²) in [5.74, 6) is 0. The van der Waals surface area contributed by atoms with Crippen LogP contribution in [0.3, 0.4) is 0 Å². The summed E-state index contributed by atoms with van der Waals surface area (Å²) >= 11 is 12.1. The van der Waals surface area contributed by atoms with Crippen LogP contribution in [0.1, 0.15) is 24.2 Å². The Hall–Kier alpha value is -1.03. The molecule has 1 heterocycles. The van der Waals surface area contributed by atoms with Crippen LogP contribution in [0.2, 0.25) is 10.0 Å². The fourth-order valence-corrected chi connectivity index (χ4v) is 2.38. The molecule has 0 aliphatic heterocycles. The van der Waals surface area contributed by atoms with Crippen LogP contribution in [0.15, 0.2) is 30.5 Å². The van der Waals surface area contributed by atoms with Gasteiger partial charge in [-0.1, -0.05) is 42.3 Å². The number of hydrogen-bond donors (Lipinski definition) is 1. The van der Waals surface area contributed by atoms with Crippen LogP contribution in [0, 0.1) is 0 Å². The van der Waals surface area contributed by atoms with Crippen molar-refractivity contribution in [1.82, 2.24) is 15.1 Å². The Bertz CT molecular complexity index is 500. The monoisotopic (exact) mass is 283 g/mol. The summed E-state index contributed by atoms with van der Waals surface area (Å²) in [6.07, 6.45) is 1.66. The van der Waals surface area contributed by atoms with Gasteiger partial charge in [0.2, 0.25) is 0 Å². The van der Waals surface area contributed by atoms with Crippen molar-refractivity contribution in [3.63, 3.8) is 0 Å². The molecule has 0 spiro atoms. The summed E-state index contributed by atoms with van der Waals surface area (Å²) in [5, 5.41) is 8.99. The maximum absolute atomic E-state index is 6.21. The molecule has 0 saturated heterocycles. The molecule has 1 atom stereocenters. The lowest BCUT2D eigenvalue weighted by molar-refractivity contribution is 0.573. The molecule has 1 aromatic heterocycles. The Morgan fingerprint density at radius 2 is 1.94 bits per heavy atom. The quantitative estimate of drug-likeness (QED) is 0.932. The first-order valence-electron chi connectivity index (χ1n) is 5.79. The largest absolute Gasteiger partial charge is 0.305 e. The Morgan fingerprint density at radius 3 is 2.44 bits per heavy atom. The molecule has 18 heavy (non-hydrogen) atoms. The number of nitrogens with zero attached hydrogens (tertiary/aromatic N) is 2. The lowest BCUT2D eigenvalue weighted by Crippen LogP contribution is -2.24. The molecule has 0 aliphatic carbocycles. The van der Waals surface area contributed by atoms with Gasteiger partial charge >= 0.3 is 0 Å². The fourth-order valence-electron chi connectivity index (χ4n) is 1.98. The van der Waals surface area contributed by atoms with Crippen LogP contribution >= 0.6 is 23.2 Å². The second-order valence-corrected chi connectivity index (χ2v) is 4.89. The third-order valence-corrected chi connectivity index (χ3v) is 3.37. The van der Waals surface area contributed by atoms with Gasteiger partial charge in [-0.2, -0.15) is 5.10 Å².